The Kier molecular flexibility index (Phi) is 5.74. The first kappa shape index (κ1) is 20.4. The molecule has 0 saturated carbocycles. The number of H-pyrrole nitrogens is 1. The second-order valence-electron chi connectivity index (χ2n) is 6.86. The van der Waals surface area contributed by atoms with Gasteiger partial charge < -0.3 is 14.5 Å². The van der Waals surface area contributed by atoms with Crippen LogP contribution in [0.2, 0.25) is 0 Å². The molecule has 7 nitrogen and oxygen atoms in total. The van der Waals surface area contributed by atoms with E-state index in [4.69, 9.17) is 21.4 Å². The Morgan fingerprint density at radius 3 is 2.93 bits per heavy atom. The summed E-state index contributed by atoms with van der Waals surface area (Å²) in [5, 5.41) is 13.0. The number of amides is 1. The summed E-state index contributed by atoms with van der Waals surface area (Å²) >= 11 is 6.91. The maximum Gasteiger partial charge on any atom is 0.243 e. The third-order valence-electron chi connectivity index (χ3n) is 4.83. The van der Waals surface area contributed by atoms with Gasteiger partial charge in [-0.1, -0.05) is 18.2 Å². The van der Waals surface area contributed by atoms with Crippen molar-refractivity contribution in [3.8, 4) is 16.5 Å². The molecule has 156 valence electrons. The molecule has 1 aromatic carbocycles. The average Bonchev–Trinajstić information content (AvgIpc) is 3.47. The molecule has 0 bridgehead atoms. The van der Waals surface area contributed by atoms with Gasteiger partial charge in [0.25, 0.3) is 0 Å². The monoisotopic (exact) mass is 442 g/mol. The van der Waals surface area contributed by atoms with E-state index >= 15 is 0 Å². The minimum atomic E-state index is -0.542. The predicted octanol–water partition coefficient (Wildman–Crippen LogP) is 5.25. The summed E-state index contributed by atoms with van der Waals surface area (Å²) in [6.45, 7) is 6.17. The summed E-state index contributed by atoms with van der Waals surface area (Å²) in [5.74, 6) is 1.82. The fourth-order valence-electron chi connectivity index (χ4n) is 3.30. The van der Waals surface area contributed by atoms with E-state index in [0.717, 1.165) is 10.3 Å². The van der Waals surface area contributed by atoms with Crippen molar-refractivity contribution in [3.63, 3.8) is 0 Å². The smallest absolute Gasteiger partial charge is 0.243 e. The number of furan rings is 1. The fraction of sp³-hybridized carbons (Fsp3) is 0.286. The van der Waals surface area contributed by atoms with Gasteiger partial charge in [-0.05, 0) is 56.6 Å². The number of para-hydroxylation sites is 1. The quantitative estimate of drug-likeness (QED) is 0.382. The predicted molar refractivity (Wildman–Crippen MR) is 119 cm³/mol. The summed E-state index contributed by atoms with van der Waals surface area (Å²) in [6.07, 6.45) is 0. The van der Waals surface area contributed by atoms with Gasteiger partial charge in [0.1, 0.15) is 11.8 Å². The molecule has 2 unspecified atom stereocenters. The van der Waals surface area contributed by atoms with Gasteiger partial charge in [0, 0.05) is 5.39 Å². The maximum absolute atomic E-state index is 13.0. The number of aromatic amines is 1. The van der Waals surface area contributed by atoms with Crippen LogP contribution in [-0.2, 0) is 4.79 Å². The Hall–Kier alpha value is -2.91. The minimum absolute atomic E-state index is 0.178. The van der Waals surface area contributed by atoms with Gasteiger partial charge >= 0.3 is 0 Å². The lowest BCUT2D eigenvalue weighted by molar-refractivity contribution is -0.124. The number of benzene rings is 1. The molecular formula is C21H22N4O3S2. The van der Waals surface area contributed by atoms with E-state index in [-0.39, 0.29) is 11.9 Å². The van der Waals surface area contributed by atoms with Gasteiger partial charge in [0.2, 0.25) is 5.91 Å². The van der Waals surface area contributed by atoms with E-state index in [1.807, 2.05) is 55.6 Å². The van der Waals surface area contributed by atoms with Crippen molar-refractivity contribution >= 4 is 40.4 Å². The standard InChI is InChI=1S/C21H22N4O3S2/c1-4-27-15-8-5-7-14-11-16(28-18(14)15)12(2)22-20(26)13(3)25-19(23-24-21(25)29)17-9-6-10-30-17/h5-13H,4H2,1-3H3,(H,22,26)(H,24,29). The van der Waals surface area contributed by atoms with E-state index in [0.29, 0.717) is 34.3 Å². The van der Waals surface area contributed by atoms with Crippen molar-refractivity contribution in [2.75, 3.05) is 6.61 Å². The number of fused-ring (bicyclic) bond motifs is 1. The maximum atomic E-state index is 13.0. The SMILES string of the molecule is CCOc1cccc2cc(C(C)NC(=O)C(C)n3c(-c4cccs4)n[nH]c3=S)oc12. The molecule has 30 heavy (non-hydrogen) atoms. The van der Waals surface area contributed by atoms with E-state index < -0.39 is 6.04 Å². The second kappa shape index (κ2) is 8.45. The van der Waals surface area contributed by atoms with Crippen LogP contribution in [0, 0.1) is 4.77 Å². The zero-order chi connectivity index (χ0) is 21.3. The molecule has 1 amide bonds. The van der Waals surface area contributed by atoms with Gasteiger partial charge in [-0.15, -0.1) is 11.3 Å². The van der Waals surface area contributed by atoms with Crippen molar-refractivity contribution in [2.24, 2.45) is 0 Å². The average molecular weight is 443 g/mol. The van der Waals surface area contributed by atoms with Gasteiger partial charge in [0.15, 0.2) is 21.9 Å². The van der Waals surface area contributed by atoms with Gasteiger partial charge in [-0.3, -0.25) is 14.5 Å². The third-order valence-corrected chi connectivity index (χ3v) is 5.98. The Morgan fingerprint density at radius 2 is 2.20 bits per heavy atom. The first-order valence-corrected chi connectivity index (χ1v) is 10.9. The summed E-state index contributed by atoms with van der Waals surface area (Å²) in [7, 11) is 0. The number of rotatable bonds is 7. The van der Waals surface area contributed by atoms with Crippen LogP contribution in [0.1, 0.15) is 38.6 Å². The van der Waals surface area contributed by atoms with E-state index in [9.17, 15) is 4.79 Å². The summed E-state index contributed by atoms with van der Waals surface area (Å²) in [4.78, 5) is 13.9. The zero-order valence-electron chi connectivity index (χ0n) is 16.8. The molecule has 4 rings (SSSR count). The van der Waals surface area contributed by atoms with E-state index in [2.05, 4.69) is 15.5 Å². The molecule has 4 aromatic rings. The van der Waals surface area contributed by atoms with Crippen LogP contribution < -0.4 is 10.1 Å². The highest BCUT2D eigenvalue weighted by atomic mass is 32.1. The highest BCUT2D eigenvalue weighted by molar-refractivity contribution is 7.71. The van der Waals surface area contributed by atoms with Crippen LogP contribution in [0.3, 0.4) is 0 Å². The number of ether oxygens (including phenoxy) is 1. The number of thiophene rings is 1. The molecule has 9 heteroatoms. The lowest BCUT2D eigenvalue weighted by atomic mass is 10.2. The molecule has 3 heterocycles. The number of nitrogens with zero attached hydrogens (tertiary/aromatic N) is 2. The largest absolute Gasteiger partial charge is 0.490 e. The topological polar surface area (TPSA) is 85.1 Å². The fourth-order valence-corrected chi connectivity index (χ4v) is 4.31. The zero-order valence-corrected chi connectivity index (χ0v) is 18.5. The molecule has 0 fully saturated rings. The highest BCUT2D eigenvalue weighted by Crippen LogP contribution is 2.31. The van der Waals surface area contributed by atoms with Crippen LogP contribution in [0.4, 0.5) is 0 Å². The van der Waals surface area contributed by atoms with Crippen molar-refractivity contribution in [1.29, 1.82) is 0 Å². The minimum Gasteiger partial charge on any atom is -0.490 e. The Bertz CT molecular complexity index is 1220. The van der Waals surface area contributed by atoms with Crippen LogP contribution in [0.25, 0.3) is 21.7 Å². The molecule has 3 aromatic heterocycles. The normalized spacial score (nSPS) is 13.3. The van der Waals surface area contributed by atoms with E-state index in [1.165, 1.54) is 0 Å². The first-order valence-electron chi connectivity index (χ1n) is 9.66. The molecule has 0 aliphatic carbocycles. The summed E-state index contributed by atoms with van der Waals surface area (Å²) in [6, 6.07) is 10.7. The van der Waals surface area contributed by atoms with Crippen molar-refractivity contribution in [3.05, 3.63) is 52.3 Å². The number of hydrogen-bond donors (Lipinski definition) is 2. The first-order chi connectivity index (χ1) is 14.5. The number of nitrogens with one attached hydrogen (secondary N) is 2. The van der Waals surface area contributed by atoms with Gasteiger partial charge in [0.05, 0.1) is 17.5 Å². The highest BCUT2D eigenvalue weighted by Gasteiger charge is 2.24. The molecule has 0 aliphatic heterocycles. The van der Waals surface area contributed by atoms with Gasteiger partial charge in [-0.2, -0.15) is 5.10 Å². The molecule has 0 spiro atoms. The van der Waals surface area contributed by atoms with Crippen molar-refractivity contribution in [1.82, 2.24) is 20.1 Å². The van der Waals surface area contributed by atoms with Crippen LogP contribution in [0.15, 0.2) is 46.2 Å². The van der Waals surface area contributed by atoms with Crippen molar-refractivity contribution < 1.29 is 13.9 Å². The second-order valence-corrected chi connectivity index (χ2v) is 8.20. The van der Waals surface area contributed by atoms with Gasteiger partial charge in [-0.25, -0.2) is 0 Å². The Labute approximate surface area is 182 Å². The molecular weight excluding hydrogens is 420 g/mol. The lowest BCUT2D eigenvalue weighted by Crippen LogP contribution is -2.33. The lowest BCUT2D eigenvalue weighted by Gasteiger charge is -2.18. The number of aromatic nitrogens is 3. The number of carbonyl (C=O) groups excluding carboxylic acids is 1. The molecule has 2 atom stereocenters. The summed E-state index contributed by atoms with van der Waals surface area (Å²) in [5.41, 5.74) is 0.681. The van der Waals surface area contributed by atoms with E-state index in [1.54, 1.807) is 22.8 Å². The van der Waals surface area contributed by atoms with Crippen molar-refractivity contribution in [2.45, 2.75) is 32.9 Å². The molecule has 0 radical (unpaired) electrons. The summed E-state index contributed by atoms with van der Waals surface area (Å²) < 4.78 is 13.8. The number of hydrogen-bond acceptors (Lipinski definition) is 6. The Balaban J connectivity index is 1.56. The molecule has 2 N–H and O–H groups in total. The third kappa shape index (κ3) is 3.78. The van der Waals surface area contributed by atoms with Crippen LogP contribution in [0.5, 0.6) is 5.75 Å². The van der Waals surface area contributed by atoms with Crippen LogP contribution >= 0.6 is 23.6 Å². The molecule has 0 aliphatic rings. The number of carbonyl (C=O) groups is 1. The van der Waals surface area contributed by atoms with Crippen LogP contribution in [-0.4, -0.2) is 27.3 Å². The Morgan fingerprint density at radius 1 is 1.37 bits per heavy atom. The molecule has 0 saturated heterocycles.